The summed E-state index contributed by atoms with van der Waals surface area (Å²) in [5, 5.41) is 4.03. The van der Waals surface area contributed by atoms with Crippen molar-refractivity contribution in [3.63, 3.8) is 0 Å². The van der Waals surface area contributed by atoms with E-state index in [1.165, 1.54) is 11.3 Å². The highest BCUT2D eigenvalue weighted by Crippen LogP contribution is 2.21. The molecule has 0 atom stereocenters. The minimum absolute atomic E-state index is 0.264. The molecule has 0 aliphatic rings. The van der Waals surface area contributed by atoms with Crippen molar-refractivity contribution in [3.8, 4) is 0 Å². The van der Waals surface area contributed by atoms with E-state index in [9.17, 15) is 4.79 Å². The Morgan fingerprint density at radius 2 is 2.06 bits per heavy atom. The summed E-state index contributed by atoms with van der Waals surface area (Å²) in [6.07, 6.45) is 3.12. The molecule has 4 nitrogen and oxygen atoms in total. The van der Waals surface area contributed by atoms with Crippen molar-refractivity contribution in [2.24, 2.45) is 5.10 Å². The highest BCUT2D eigenvalue weighted by molar-refractivity contribution is 7.18. The molecule has 1 amide bonds. The summed E-state index contributed by atoms with van der Waals surface area (Å²) in [5.41, 5.74) is 3.73. The molecule has 0 aliphatic heterocycles. The molecule has 0 unspecified atom stereocenters. The van der Waals surface area contributed by atoms with Crippen molar-refractivity contribution in [1.29, 1.82) is 0 Å². The van der Waals surface area contributed by atoms with Crippen LogP contribution in [0.3, 0.4) is 0 Å². The van der Waals surface area contributed by atoms with Crippen LogP contribution in [0, 0.1) is 0 Å². The highest BCUT2D eigenvalue weighted by atomic mass is 35.5. The number of carbonyl (C=O) groups excluding carboxylic acids is 1. The minimum atomic E-state index is -0.264. The van der Waals surface area contributed by atoms with Gasteiger partial charge in [0.1, 0.15) is 0 Å². The quantitative estimate of drug-likeness (QED) is 0.694. The lowest BCUT2D eigenvalue weighted by atomic mass is 10.3. The van der Waals surface area contributed by atoms with Crippen LogP contribution in [0.15, 0.2) is 41.8 Å². The van der Waals surface area contributed by atoms with Gasteiger partial charge in [0.25, 0.3) is 5.91 Å². The lowest BCUT2D eigenvalue weighted by Crippen LogP contribution is -2.19. The fourth-order valence-corrected chi connectivity index (χ4v) is 2.25. The third-order valence-electron chi connectivity index (χ3n) is 2.20. The van der Waals surface area contributed by atoms with Gasteiger partial charge in [-0.1, -0.05) is 11.6 Å². The first kappa shape index (κ1) is 12.7. The molecule has 0 spiro atoms. The zero-order valence-corrected chi connectivity index (χ0v) is 11.1. The van der Waals surface area contributed by atoms with Crippen LogP contribution >= 0.6 is 22.9 Å². The molecule has 0 bridgehead atoms. The lowest BCUT2D eigenvalue weighted by molar-refractivity contribution is 0.0954. The maximum Gasteiger partial charge on any atom is 0.271 e. The third-order valence-corrected chi connectivity index (χ3v) is 3.54. The summed E-state index contributed by atoms with van der Waals surface area (Å²) < 4.78 is 0.694. The van der Waals surface area contributed by atoms with Crippen LogP contribution in [0.4, 0.5) is 0 Å². The van der Waals surface area contributed by atoms with E-state index in [1.54, 1.807) is 30.6 Å². The second kappa shape index (κ2) is 5.75. The van der Waals surface area contributed by atoms with E-state index in [4.69, 9.17) is 11.6 Å². The lowest BCUT2D eigenvalue weighted by Gasteiger charge is -2.00. The fourth-order valence-electron chi connectivity index (χ4n) is 1.27. The monoisotopic (exact) mass is 279 g/mol. The number of hydrazone groups is 1. The van der Waals surface area contributed by atoms with Gasteiger partial charge >= 0.3 is 0 Å². The van der Waals surface area contributed by atoms with Gasteiger partial charge in [-0.2, -0.15) is 5.10 Å². The summed E-state index contributed by atoms with van der Waals surface area (Å²) in [6.45, 7) is 1.81. The fraction of sp³-hybridized carbons (Fsp3) is 0.0833. The van der Waals surface area contributed by atoms with Crippen LogP contribution in [0.1, 0.15) is 22.2 Å². The van der Waals surface area contributed by atoms with E-state index in [1.807, 2.05) is 13.0 Å². The van der Waals surface area contributed by atoms with Gasteiger partial charge in [-0.05, 0) is 31.2 Å². The van der Waals surface area contributed by atoms with E-state index in [0.717, 1.165) is 4.88 Å². The van der Waals surface area contributed by atoms with E-state index < -0.39 is 0 Å². The number of thiophene rings is 1. The Labute approximate surface area is 113 Å². The topological polar surface area (TPSA) is 54.4 Å². The van der Waals surface area contributed by atoms with Crippen LogP contribution in [0.5, 0.6) is 0 Å². The van der Waals surface area contributed by atoms with Crippen LogP contribution in [-0.2, 0) is 0 Å². The molecule has 0 aliphatic carbocycles. The number of nitrogens with zero attached hydrogens (tertiary/aromatic N) is 2. The van der Waals surface area contributed by atoms with Gasteiger partial charge in [-0.15, -0.1) is 11.3 Å². The molecular weight excluding hydrogens is 270 g/mol. The minimum Gasteiger partial charge on any atom is -0.267 e. The van der Waals surface area contributed by atoms with E-state index in [2.05, 4.69) is 15.5 Å². The SMILES string of the molecule is C/C(=N\NC(=O)c1ccncc1)c1ccc(Cl)s1. The molecule has 2 rings (SSSR count). The predicted octanol–water partition coefficient (Wildman–Crippen LogP) is 2.95. The molecule has 1 N–H and O–H groups in total. The Morgan fingerprint density at radius 1 is 1.33 bits per heavy atom. The summed E-state index contributed by atoms with van der Waals surface area (Å²) in [5.74, 6) is -0.264. The standard InChI is InChI=1S/C12H10ClN3OS/c1-8(10-2-3-11(13)18-10)15-16-12(17)9-4-6-14-7-5-9/h2-7H,1H3,(H,16,17)/b15-8+. The average Bonchev–Trinajstić information content (AvgIpc) is 2.83. The smallest absolute Gasteiger partial charge is 0.267 e. The number of aromatic nitrogens is 1. The normalized spacial score (nSPS) is 11.3. The van der Waals surface area contributed by atoms with E-state index in [0.29, 0.717) is 15.6 Å². The number of halogens is 1. The van der Waals surface area contributed by atoms with Gasteiger partial charge in [-0.25, -0.2) is 5.43 Å². The molecule has 6 heteroatoms. The van der Waals surface area contributed by atoms with Crippen molar-refractivity contribution in [1.82, 2.24) is 10.4 Å². The maximum atomic E-state index is 11.7. The van der Waals surface area contributed by atoms with Crippen LogP contribution in [0.25, 0.3) is 0 Å². The van der Waals surface area contributed by atoms with E-state index >= 15 is 0 Å². The van der Waals surface area contributed by atoms with Crippen molar-refractivity contribution in [2.75, 3.05) is 0 Å². The van der Waals surface area contributed by atoms with Gasteiger partial charge in [0.15, 0.2) is 0 Å². The number of hydrogen-bond acceptors (Lipinski definition) is 4. The van der Waals surface area contributed by atoms with E-state index in [-0.39, 0.29) is 5.91 Å². The zero-order chi connectivity index (χ0) is 13.0. The molecule has 0 fully saturated rings. The van der Waals surface area contributed by atoms with Crippen LogP contribution < -0.4 is 5.43 Å². The molecule has 2 aromatic rings. The Kier molecular flexibility index (Phi) is 4.07. The highest BCUT2D eigenvalue weighted by Gasteiger charge is 2.05. The van der Waals surface area contributed by atoms with Crippen LogP contribution in [-0.4, -0.2) is 16.6 Å². The number of hydrogen-bond donors (Lipinski definition) is 1. The van der Waals surface area contributed by atoms with Gasteiger partial charge in [-0.3, -0.25) is 9.78 Å². The van der Waals surface area contributed by atoms with Crippen molar-refractivity contribution in [2.45, 2.75) is 6.92 Å². The molecule has 92 valence electrons. The van der Waals surface area contributed by atoms with Gasteiger partial charge in [0.05, 0.1) is 14.9 Å². The van der Waals surface area contributed by atoms with Crippen molar-refractivity contribution in [3.05, 3.63) is 51.4 Å². The largest absolute Gasteiger partial charge is 0.271 e. The Hall–Kier alpha value is -1.72. The third kappa shape index (κ3) is 3.15. The summed E-state index contributed by atoms with van der Waals surface area (Å²) in [7, 11) is 0. The molecule has 0 saturated carbocycles. The number of nitrogens with one attached hydrogen (secondary N) is 1. The molecule has 0 radical (unpaired) electrons. The molecular formula is C12H10ClN3OS. The first-order valence-corrected chi connectivity index (χ1v) is 6.36. The number of amides is 1. The molecule has 2 aromatic heterocycles. The van der Waals surface area contributed by atoms with Crippen molar-refractivity contribution < 1.29 is 4.79 Å². The average molecular weight is 280 g/mol. The Morgan fingerprint density at radius 3 is 2.67 bits per heavy atom. The number of carbonyl (C=O) groups is 1. The second-order valence-electron chi connectivity index (χ2n) is 3.48. The summed E-state index contributed by atoms with van der Waals surface area (Å²) >= 11 is 7.25. The summed E-state index contributed by atoms with van der Waals surface area (Å²) in [6, 6.07) is 6.92. The molecule has 0 aromatic carbocycles. The number of pyridine rings is 1. The first-order valence-electron chi connectivity index (χ1n) is 5.17. The zero-order valence-electron chi connectivity index (χ0n) is 9.55. The Bertz CT molecular complexity index is 580. The number of rotatable bonds is 3. The Balaban J connectivity index is 2.05. The second-order valence-corrected chi connectivity index (χ2v) is 5.19. The van der Waals surface area contributed by atoms with Gasteiger partial charge in [0, 0.05) is 18.0 Å². The summed E-state index contributed by atoms with van der Waals surface area (Å²) in [4.78, 5) is 16.5. The predicted molar refractivity (Wildman–Crippen MR) is 73.2 cm³/mol. The first-order chi connectivity index (χ1) is 8.66. The molecule has 2 heterocycles. The van der Waals surface area contributed by atoms with Gasteiger partial charge < -0.3 is 0 Å². The van der Waals surface area contributed by atoms with Crippen molar-refractivity contribution >= 4 is 34.6 Å². The van der Waals surface area contributed by atoms with Crippen LogP contribution in [0.2, 0.25) is 4.34 Å². The molecule has 0 saturated heterocycles. The molecule has 18 heavy (non-hydrogen) atoms. The van der Waals surface area contributed by atoms with Gasteiger partial charge in [0.2, 0.25) is 0 Å². The maximum absolute atomic E-state index is 11.7.